The van der Waals surface area contributed by atoms with Crippen LogP contribution in [0, 0.1) is 11.7 Å². The summed E-state index contributed by atoms with van der Waals surface area (Å²) >= 11 is 0. The number of likely N-dealkylation sites (tertiary alicyclic amines) is 1. The molecular weight excluding hydrogens is 345 g/mol. The molecule has 1 aromatic carbocycles. The maximum absolute atomic E-state index is 14.2. The van der Waals surface area contributed by atoms with Crippen LogP contribution in [0.2, 0.25) is 0 Å². The van der Waals surface area contributed by atoms with Gasteiger partial charge in [0.25, 0.3) is 0 Å². The molecule has 1 aliphatic heterocycles. The van der Waals surface area contributed by atoms with Gasteiger partial charge in [-0.2, -0.15) is 9.61 Å². The molecule has 3 aromatic rings. The highest BCUT2D eigenvalue weighted by Crippen LogP contribution is 2.25. The fourth-order valence-electron chi connectivity index (χ4n) is 3.61. The molecule has 27 heavy (non-hydrogen) atoms. The normalized spacial score (nSPS) is 17.3. The molecule has 0 aliphatic carbocycles. The number of nitrogens with one attached hydrogen (secondary N) is 1. The van der Waals surface area contributed by atoms with Gasteiger partial charge in [0.1, 0.15) is 11.6 Å². The number of rotatable bonds is 4. The lowest BCUT2D eigenvalue weighted by molar-refractivity contribution is -0.130. The first kappa shape index (κ1) is 17.5. The maximum atomic E-state index is 14.2. The average molecular weight is 367 g/mol. The molecule has 1 atom stereocenters. The molecule has 1 N–H and O–H groups in total. The van der Waals surface area contributed by atoms with Crippen LogP contribution in [0.4, 0.5) is 10.2 Å². The molecule has 0 bridgehead atoms. The Bertz CT molecular complexity index is 970. The molecule has 0 spiro atoms. The predicted octanol–water partition coefficient (Wildman–Crippen LogP) is 3.21. The van der Waals surface area contributed by atoms with Crippen molar-refractivity contribution in [3.05, 3.63) is 48.4 Å². The lowest BCUT2D eigenvalue weighted by atomic mass is 9.98. The summed E-state index contributed by atoms with van der Waals surface area (Å²) in [5.74, 6) is 0.964. The summed E-state index contributed by atoms with van der Waals surface area (Å²) in [6.07, 6.45) is 3.76. The Morgan fingerprint density at radius 2 is 2.19 bits per heavy atom. The zero-order valence-corrected chi connectivity index (χ0v) is 15.2. The van der Waals surface area contributed by atoms with E-state index in [1.165, 1.54) is 6.07 Å². The van der Waals surface area contributed by atoms with Crippen molar-refractivity contribution in [3.8, 4) is 11.3 Å². The van der Waals surface area contributed by atoms with Gasteiger partial charge in [-0.05, 0) is 30.9 Å². The van der Waals surface area contributed by atoms with Gasteiger partial charge in [-0.15, -0.1) is 0 Å². The summed E-state index contributed by atoms with van der Waals surface area (Å²) in [4.78, 5) is 18.1. The fourth-order valence-corrected chi connectivity index (χ4v) is 3.61. The summed E-state index contributed by atoms with van der Waals surface area (Å²) in [5.41, 5.74) is 1.69. The smallest absolute Gasteiger partial charge is 0.219 e. The van der Waals surface area contributed by atoms with Crippen molar-refractivity contribution in [3.63, 3.8) is 0 Å². The Morgan fingerprint density at radius 1 is 1.33 bits per heavy atom. The van der Waals surface area contributed by atoms with E-state index < -0.39 is 0 Å². The minimum atomic E-state index is -0.302. The second-order valence-electron chi connectivity index (χ2n) is 6.96. The first-order valence-electron chi connectivity index (χ1n) is 9.21. The number of carbonyl (C=O) groups is 1. The molecule has 0 unspecified atom stereocenters. The molecule has 1 fully saturated rings. The summed E-state index contributed by atoms with van der Waals surface area (Å²) in [6, 6.07) is 10.2. The van der Waals surface area contributed by atoms with E-state index in [9.17, 15) is 9.18 Å². The van der Waals surface area contributed by atoms with Crippen LogP contribution in [0.1, 0.15) is 19.8 Å². The quantitative estimate of drug-likeness (QED) is 0.769. The molecule has 0 saturated carbocycles. The van der Waals surface area contributed by atoms with Crippen molar-refractivity contribution in [2.24, 2.45) is 5.92 Å². The maximum Gasteiger partial charge on any atom is 0.219 e. The molecule has 1 amide bonds. The number of aromatic nitrogens is 3. The van der Waals surface area contributed by atoms with Gasteiger partial charge < -0.3 is 10.2 Å². The molecule has 6 nitrogen and oxygen atoms in total. The van der Waals surface area contributed by atoms with Crippen molar-refractivity contribution in [2.75, 3.05) is 25.0 Å². The van der Waals surface area contributed by atoms with Crippen LogP contribution in [0.25, 0.3) is 16.9 Å². The van der Waals surface area contributed by atoms with Crippen LogP contribution in [0.15, 0.2) is 42.6 Å². The molecule has 0 radical (unpaired) electrons. The number of piperidine rings is 1. The average Bonchev–Trinajstić information content (AvgIpc) is 3.15. The van der Waals surface area contributed by atoms with Gasteiger partial charge in [-0.3, -0.25) is 4.79 Å². The third-order valence-corrected chi connectivity index (χ3v) is 5.05. The van der Waals surface area contributed by atoms with Gasteiger partial charge in [-0.1, -0.05) is 12.1 Å². The molecule has 7 heteroatoms. The molecule has 1 saturated heterocycles. The second-order valence-corrected chi connectivity index (χ2v) is 6.96. The van der Waals surface area contributed by atoms with E-state index in [0.717, 1.165) is 38.3 Å². The highest BCUT2D eigenvalue weighted by Gasteiger charge is 2.21. The summed E-state index contributed by atoms with van der Waals surface area (Å²) < 4.78 is 15.9. The number of benzene rings is 1. The number of anilines is 1. The number of hydrogen-bond donors (Lipinski definition) is 1. The highest BCUT2D eigenvalue weighted by atomic mass is 19.1. The minimum absolute atomic E-state index is 0.125. The Balaban J connectivity index is 1.59. The van der Waals surface area contributed by atoms with E-state index >= 15 is 0 Å². The van der Waals surface area contributed by atoms with Crippen molar-refractivity contribution in [1.29, 1.82) is 0 Å². The van der Waals surface area contributed by atoms with E-state index in [0.29, 0.717) is 22.8 Å². The van der Waals surface area contributed by atoms with Gasteiger partial charge in [0.2, 0.25) is 5.91 Å². The standard InChI is InChI=1S/C20H22FN5O/c1-14(27)25-10-4-5-15(13-25)12-22-20-11-18(16-6-2-3-7-17(16)21)24-19-8-9-23-26(19)20/h2-3,6-9,11,15,22H,4-5,10,12-13H2,1H3/t15-/m0/s1. The molecule has 4 rings (SSSR count). The monoisotopic (exact) mass is 367 g/mol. The number of nitrogens with zero attached hydrogens (tertiary/aromatic N) is 4. The number of amides is 1. The first-order valence-corrected chi connectivity index (χ1v) is 9.21. The Hall–Kier alpha value is -2.96. The predicted molar refractivity (Wildman–Crippen MR) is 102 cm³/mol. The Kier molecular flexibility index (Phi) is 4.75. The molecular formula is C20H22FN5O. The van der Waals surface area contributed by atoms with Crippen molar-refractivity contribution in [1.82, 2.24) is 19.5 Å². The fraction of sp³-hybridized carbons (Fsp3) is 0.350. The lowest BCUT2D eigenvalue weighted by Crippen LogP contribution is -2.40. The molecule has 3 heterocycles. The number of halogens is 1. The minimum Gasteiger partial charge on any atom is -0.370 e. The highest BCUT2D eigenvalue weighted by molar-refractivity contribution is 5.73. The van der Waals surface area contributed by atoms with Gasteiger partial charge in [0.15, 0.2) is 5.65 Å². The molecule has 2 aromatic heterocycles. The number of carbonyl (C=O) groups excluding carboxylic acids is 1. The van der Waals surface area contributed by atoms with Crippen LogP contribution in [0.5, 0.6) is 0 Å². The second kappa shape index (κ2) is 7.34. The molecule has 140 valence electrons. The third-order valence-electron chi connectivity index (χ3n) is 5.05. The van der Waals surface area contributed by atoms with Crippen molar-refractivity contribution >= 4 is 17.4 Å². The lowest BCUT2D eigenvalue weighted by Gasteiger charge is -2.32. The SMILES string of the molecule is CC(=O)N1CCC[C@@H](CNc2cc(-c3ccccc3F)nc3ccnn23)C1. The van der Waals surface area contributed by atoms with Crippen LogP contribution >= 0.6 is 0 Å². The largest absolute Gasteiger partial charge is 0.370 e. The van der Waals surface area contributed by atoms with Gasteiger partial charge in [-0.25, -0.2) is 9.37 Å². The van der Waals surface area contributed by atoms with Gasteiger partial charge >= 0.3 is 0 Å². The van der Waals surface area contributed by atoms with Crippen molar-refractivity contribution < 1.29 is 9.18 Å². The Labute approximate surface area is 157 Å². The van der Waals surface area contributed by atoms with Crippen LogP contribution in [-0.2, 0) is 4.79 Å². The van der Waals surface area contributed by atoms with Crippen LogP contribution < -0.4 is 5.32 Å². The van der Waals surface area contributed by atoms with Crippen LogP contribution in [0.3, 0.4) is 0 Å². The van der Waals surface area contributed by atoms with Gasteiger partial charge in [0.05, 0.1) is 11.9 Å². The van der Waals surface area contributed by atoms with E-state index in [-0.39, 0.29) is 11.7 Å². The summed E-state index contributed by atoms with van der Waals surface area (Å²) in [6.45, 7) is 3.93. The van der Waals surface area contributed by atoms with Crippen molar-refractivity contribution in [2.45, 2.75) is 19.8 Å². The summed E-state index contributed by atoms with van der Waals surface area (Å²) in [5, 5.41) is 7.75. The van der Waals surface area contributed by atoms with E-state index in [2.05, 4.69) is 15.4 Å². The van der Waals surface area contributed by atoms with E-state index in [4.69, 9.17) is 0 Å². The number of hydrogen-bond acceptors (Lipinski definition) is 4. The molecule has 1 aliphatic rings. The topological polar surface area (TPSA) is 62.5 Å². The number of fused-ring (bicyclic) bond motifs is 1. The van der Waals surface area contributed by atoms with E-state index in [1.54, 1.807) is 41.9 Å². The summed E-state index contributed by atoms with van der Waals surface area (Å²) in [7, 11) is 0. The van der Waals surface area contributed by atoms with E-state index in [1.807, 2.05) is 11.0 Å². The van der Waals surface area contributed by atoms with Gasteiger partial charge in [0, 0.05) is 44.3 Å². The van der Waals surface area contributed by atoms with Crippen LogP contribution in [-0.4, -0.2) is 45.0 Å². The zero-order chi connectivity index (χ0) is 18.8. The third kappa shape index (κ3) is 3.63. The Morgan fingerprint density at radius 3 is 3.00 bits per heavy atom. The zero-order valence-electron chi connectivity index (χ0n) is 15.2. The first-order chi connectivity index (χ1) is 13.1.